The summed E-state index contributed by atoms with van der Waals surface area (Å²) in [7, 11) is 1.75. The Hall–Kier alpha value is -1.62. The van der Waals surface area contributed by atoms with E-state index in [4.69, 9.17) is 5.11 Å². The number of nitrogens with one attached hydrogen (secondary N) is 1. The van der Waals surface area contributed by atoms with Crippen LogP contribution in [0, 0.1) is 0 Å². The van der Waals surface area contributed by atoms with Crippen LogP contribution < -0.4 is 5.32 Å². The minimum absolute atomic E-state index is 0.168. The molecule has 5 nitrogen and oxygen atoms in total. The Labute approximate surface area is 82.0 Å². The number of aryl methyl sites for hydroxylation is 1. The molecule has 1 heterocycles. The molecule has 0 aliphatic rings. The van der Waals surface area contributed by atoms with Crippen LogP contribution >= 0.6 is 0 Å². The van der Waals surface area contributed by atoms with Crippen molar-refractivity contribution >= 4 is 5.91 Å². The SMILES string of the molecule is C=CC(=O)NC(CO)c1ccnn1C. The van der Waals surface area contributed by atoms with Gasteiger partial charge in [-0.05, 0) is 12.1 Å². The van der Waals surface area contributed by atoms with Crippen molar-refractivity contribution in [3.05, 3.63) is 30.6 Å². The van der Waals surface area contributed by atoms with E-state index in [0.717, 1.165) is 5.69 Å². The molecule has 14 heavy (non-hydrogen) atoms. The lowest BCUT2D eigenvalue weighted by molar-refractivity contribution is -0.117. The van der Waals surface area contributed by atoms with Crippen LogP contribution in [0.3, 0.4) is 0 Å². The Bertz CT molecular complexity index is 333. The molecular formula is C9H13N3O2. The predicted octanol–water partition coefficient (Wildman–Crippen LogP) is -0.244. The second-order valence-corrected chi connectivity index (χ2v) is 2.83. The van der Waals surface area contributed by atoms with Gasteiger partial charge in [-0.2, -0.15) is 5.10 Å². The number of carbonyl (C=O) groups excluding carboxylic acids is 1. The topological polar surface area (TPSA) is 67.2 Å². The molecule has 1 aromatic rings. The third kappa shape index (κ3) is 2.20. The zero-order chi connectivity index (χ0) is 10.6. The summed E-state index contributed by atoms with van der Waals surface area (Å²) < 4.78 is 1.60. The van der Waals surface area contributed by atoms with Gasteiger partial charge in [0, 0.05) is 13.2 Å². The van der Waals surface area contributed by atoms with Crippen molar-refractivity contribution in [1.82, 2.24) is 15.1 Å². The Morgan fingerprint density at radius 3 is 3.07 bits per heavy atom. The number of aliphatic hydroxyl groups excluding tert-OH is 1. The molecule has 76 valence electrons. The number of hydrogen-bond acceptors (Lipinski definition) is 3. The van der Waals surface area contributed by atoms with E-state index in [0.29, 0.717) is 0 Å². The van der Waals surface area contributed by atoms with Gasteiger partial charge in [0.1, 0.15) is 0 Å². The Morgan fingerprint density at radius 1 is 1.93 bits per heavy atom. The van der Waals surface area contributed by atoms with Crippen molar-refractivity contribution in [1.29, 1.82) is 0 Å². The summed E-state index contributed by atoms with van der Waals surface area (Å²) in [6.07, 6.45) is 2.77. The molecule has 0 aliphatic carbocycles. The molecular weight excluding hydrogens is 182 g/mol. The highest BCUT2D eigenvalue weighted by Crippen LogP contribution is 2.10. The van der Waals surface area contributed by atoms with Crippen LogP contribution in [0.25, 0.3) is 0 Å². The van der Waals surface area contributed by atoms with Crippen molar-refractivity contribution in [3.63, 3.8) is 0 Å². The van der Waals surface area contributed by atoms with Gasteiger partial charge in [0.2, 0.25) is 5.91 Å². The van der Waals surface area contributed by atoms with Gasteiger partial charge in [0.15, 0.2) is 0 Å². The third-order valence-electron chi connectivity index (χ3n) is 1.90. The summed E-state index contributed by atoms with van der Waals surface area (Å²) in [5.41, 5.74) is 0.753. The molecule has 1 rings (SSSR count). The lowest BCUT2D eigenvalue weighted by Gasteiger charge is -2.15. The summed E-state index contributed by atoms with van der Waals surface area (Å²) >= 11 is 0. The van der Waals surface area contributed by atoms with E-state index >= 15 is 0 Å². The number of aromatic nitrogens is 2. The molecule has 0 aromatic carbocycles. The summed E-state index contributed by atoms with van der Waals surface area (Å²) in [5.74, 6) is -0.315. The largest absolute Gasteiger partial charge is 0.394 e. The van der Waals surface area contributed by atoms with E-state index in [9.17, 15) is 4.79 Å². The summed E-state index contributed by atoms with van der Waals surface area (Å²) in [6.45, 7) is 3.17. The normalized spacial score (nSPS) is 12.1. The number of amides is 1. The molecule has 0 fully saturated rings. The molecule has 5 heteroatoms. The maximum Gasteiger partial charge on any atom is 0.243 e. The second-order valence-electron chi connectivity index (χ2n) is 2.83. The highest BCUT2D eigenvalue weighted by molar-refractivity contribution is 5.87. The first-order valence-electron chi connectivity index (χ1n) is 4.20. The molecule has 1 unspecified atom stereocenters. The number of carbonyl (C=O) groups is 1. The molecule has 1 amide bonds. The number of aliphatic hydroxyl groups is 1. The maximum atomic E-state index is 11.0. The van der Waals surface area contributed by atoms with Gasteiger partial charge in [-0.1, -0.05) is 6.58 Å². The molecule has 2 N–H and O–H groups in total. The lowest BCUT2D eigenvalue weighted by atomic mass is 10.2. The first-order chi connectivity index (χ1) is 6.69. The summed E-state index contributed by atoms with van der Waals surface area (Å²) in [4.78, 5) is 11.0. The molecule has 1 aromatic heterocycles. The zero-order valence-electron chi connectivity index (χ0n) is 7.97. The third-order valence-corrected chi connectivity index (χ3v) is 1.90. The van der Waals surface area contributed by atoms with Crippen LogP contribution in [0.5, 0.6) is 0 Å². The van der Waals surface area contributed by atoms with Crippen molar-refractivity contribution in [2.75, 3.05) is 6.61 Å². The number of hydrogen-bond donors (Lipinski definition) is 2. The lowest BCUT2D eigenvalue weighted by Crippen LogP contribution is -2.30. The van der Waals surface area contributed by atoms with E-state index in [2.05, 4.69) is 17.0 Å². The Balaban J connectivity index is 2.77. The number of nitrogens with zero attached hydrogens (tertiary/aromatic N) is 2. The van der Waals surface area contributed by atoms with E-state index in [-0.39, 0.29) is 12.5 Å². The maximum absolute atomic E-state index is 11.0. The van der Waals surface area contributed by atoms with E-state index in [1.807, 2.05) is 0 Å². The van der Waals surface area contributed by atoms with Crippen LogP contribution in [0.15, 0.2) is 24.9 Å². The second kappa shape index (κ2) is 4.57. The van der Waals surface area contributed by atoms with Gasteiger partial charge in [-0.25, -0.2) is 0 Å². The molecule has 0 bridgehead atoms. The van der Waals surface area contributed by atoms with Crippen molar-refractivity contribution in [3.8, 4) is 0 Å². The van der Waals surface area contributed by atoms with Crippen LogP contribution in [-0.4, -0.2) is 27.4 Å². The van der Waals surface area contributed by atoms with Gasteiger partial charge in [0.25, 0.3) is 0 Å². The first-order valence-corrected chi connectivity index (χ1v) is 4.20. The van der Waals surface area contributed by atoms with Gasteiger partial charge >= 0.3 is 0 Å². The highest BCUT2D eigenvalue weighted by atomic mass is 16.3. The van der Waals surface area contributed by atoms with Crippen LogP contribution in [0.1, 0.15) is 11.7 Å². The number of rotatable bonds is 4. The van der Waals surface area contributed by atoms with Gasteiger partial charge in [0.05, 0.1) is 18.3 Å². The van der Waals surface area contributed by atoms with Crippen LogP contribution in [0.2, 0.25) is 0 Å². The summed E-state index contributed by atoms with van der Waals surface area (Å²) in [5, 5.41) is 15.6. The fourth-order valence-corrected chi connectivity index (χ4v) is 1.17. The van der Waals surface area contributed by atoms with Gasteiger partial charge < -0.3 is 10.4 Å². The quantitative estimate of drug-likeness (QED) is 0.651. The van der Waals surface area contributed by atoms with Gasteiger partial charge in [-0.15, -0.1) is 0 Å². The predicted molar refractivity (Wildman–Crippen MR) is 51.4 cm³/mol. The molecule has 0 saturated carbocycles. The summed E-state index contributed by atoms with van der Waals surface area (Å²) in [6, 6.07) is 1.30. The van der Waals surface area contributed by atoms with Crippen LogP contribution in [0.4, 0.5) is 0 Å². The smallest absolute Gasteiger partial charge is 0.243 e. The monoisotopic (exact) mass is 195 g/mol. The average molecular weight is 195 g/mol. The minimum Gasteiger partial charge on any atom is -0.394 e. The van der Waals surface area contributed by atoms with Crippen molar-refractivity contribution in [2.45, 2.75) is 6.04 Å². The van der Waals surface area contributed by atoms with E-state index < -0.39 is 6.04 Å². The van der Waals surface area contributed by atoms with E-state index in [1.54, 1.807) is 24.0 Å². The molecule has 0 spiro atoms. The Kier molecular flexibility index (Phi) is 3.41. The van der Waals surface area contributed by atoms with Crippen molar-refractivity contribution in [2.24, 2.45) is 7.05 Å². The van der Waals surface area contributed by atoms with Crippen molar-refractivity contribution < 1.29 is 9.90 Å². The van der Waals surface area contributed by atoms with Gasteiger partial charge in [-0.3, -0.25) is 9.48 Å². The zero-order valence-corrected chi connectivity index (χ0v) is 7.97. The minimum atomic E-state index is -0.437. The van der Waals surface area contributed by atoms with Crippen LogP contribution in [-0.2, 0) is 11.8 Å². The average Bonchev–Trinajstić information content (AvgIpc) is 2.60. The molecule has 1 atom stereocenters. The Morgan fingerprint density at radius 2 is 2.64 bits per heavy atom. The molecule has 0 radical (unpaired) electrons. The fraction of sp³-hybridized carbons (Fsp3) is 0.333. The fourth-order valence-electron chi connectivity index (χ4n) is 1.17. The standard InChI is InChI=1S/C9H13N3O2/c1-3-9(14)11-7(6-13)8-4-5-10-12(8)2/h3-5,7,13H,1,6H2,2H3,(H,11,14). The highest BCUT2D eigenvalue weighted by Gasteiger charge is 2.14. The molecule has 0 saturated heterocycles. The first kappa shape index (κ1) is 10.5. The van der Waals surface area contributed by atoms with E-state index in [1.165, 1.54) is 6.08 Å². The molecule has 0 aliphatic heterocycles.